The lowest BCUT2D eigenvalue weighted by Gasteiger charge is -2.13. The van der Waals surface area contributed by atoms with Crippen LogP contribution in [-0.2, 0) is 6.42 Å². The minimum atomic E-state index is 0.375. The first-order chi connectivity index (χ1) is 8.65. The van der Waals surface area contributed by atoms with E-state index in [1.54, 1.807) is 0 Å². The first-order valence-corrected chi connectivity index (χ1v) is 6.83. The zero-order valence-corrected chi connectivity index (χ0v) is 12.0. The van der Waals surface area contributed by atoms with E-state index in [1.807, 2.05) is 25.2 Å². The Kier molecular flexibility index (Phi) is 4.25. The quantitative estimate of drug-likeness (QED) is 0.840. The molecule has 2 aromatic rings. The number of nitrogens with zero attached hydrogens (tertiary/aromatic N) is 2. The Balaban J connectivity index is 2.45. The topological polar surface area (TPSA) is 29.9 Å². The fourth-order valence-corrected chi connectivity index (χ4v) is 2.57. The van der Waals surface area contributed by atoms with Crippen LogP contribution in [0.1, 0.15) is 32.1 Å². The van der Waals surface area contributed by atoms with Crippen LogP contribution in [0.3, 0.4) is 0 Å². The SMILES string of the molecule is CNCCCc1nc2cccc(Cl)c2n1C(C)C. The van der Waals surface area contributed by atoms with Gasteiger partial charge in [-0.05, 0) is 46.0 Å². The van der Waals surface area contributed by atoms with Gasteiger partial charge in [0.15, 0.2) is 0 Å². The van der Waals surface area contributed by atoms with E-state index in [2.05, 4.69) is 23.7 Å². The molecule has 0 unspecified atom stereocenters. The number of hydrogen-bond donors (Lipinski definition) is 1. The summed E-state index contributed by atoms with van der Waals surface area (Å²) in [7, 11) is 1.97. The molecule has 1 aromatic carbocycles. The van der Waals surface area contributed by atoms with Gasteiger partial charge >= 0.3 is 0 Å². The molecule has 1 N–H and O–H groups in total. The molecular formula is C14H20ClN3. The number of para-hydroxylation sites is 1. The number of benzene rings is 1. The van der Waals surface area contributed by atoms with Crippen LogP contribution in [0.25, 0.3) is 11.0 Å². The van der Waals surface area contributed by atoms with Crippen LogP contribution in [0.4, 0.5) is 0 Å². The number of imidazole rings is 1. The smallest absolute Gasteiger partial charge is 0.110 e. The highest BCUT2D eigenvalue weighted by Crippen LogP contribution is 2.28. The normalized spacial score (nSPS) is 11.6. The predicted molar refractivity (Wildman–Crippen MR) is 77.4 cm³/mol. The fraction of sp³-hybridized carbons (Fsp3) is 0.500. The van der Waals surface area contributed by atoms with Gasteiger partial charge in [-0.15, -0.1) is 0 Å². The predicted octanol–water partition coefficient (Wildman–Crippen LogP) is 3.42. The van der Waals surface area contributed by atoms with Crippen LogP contribution in [0, 0.1) is 0 Å². The number of fused-ring (bicyclic) bond motifs is 1. The van der Waals surface area contributed by atoms with Crippen LogP contribution >= 0.6 is 11.6 Å². The molecule has 3 nitrogen and oxygen atoms in total. The highest BCUT2D eigenvalue weighted by Gasteiger charge is 2.14. The Morgan fingerprint density at radius 1 is 1.39 bits per heavy atom. The van der Waals surface area contributed by atoms with Crippen LogP contribution in [0.15, 0.2) is 18.2 Å². The van der Waals surface area contributed by atoms with Crippen LogP contribution in [-0.4, -0.2) is 23.1 Å². The molecule has 98 valence electrons. The maximum absolute atomic E-state index is 6.31. The van der Waals surface area contributed by atoms with Crippen molar-refractivity contribution < 1.29 is 0 Å². The fourth-order valence-electron chi connectivity index (χ4n) is 2.31. The number of aryl methyl sites for hydroxylation is 1. The van der Waals surface area contributed by atoms with Crippen molar-refractivity contribution in [3.8, 4) is 0 Å². The molecule has 0 radical (unpaired) electrons. The molecule has 1 heterocycles. The molecule has 0 aliphatic rings. The maximum Gasteiger partial charge on any atom is 0.110 e. The summed E-state index contributed by atoms with van der Waals surface area (Å²) < 4.78 is 2.26. The van der Waals surface area contributed by atoms with Crippen LogP contribution in [0.2, 0.25) is 5.02 Å². The van der Waals surface area contributed by atoms with E-state index in [0.29, 0.717) is 6.04 Å². The molecule has 0 aliphatic carbocycles. The van der Waals surface area contributed by atoms with Crippen molar-refractivity contribution >= 4 is 22.6 Å². The molecule has 0 saturated carbocycles. The molecule has 18 heavy (non-hydrogen) atoms. The zero-order valence-electron chi connectivity index (χ0n) is 11.2. The van der Waals surface area contributed by atoms with Gasteiger partial charge in [-0.1, -0.05) is 17.7 Å². The van der Waals surface area contributed by atoms with E-state index >= 15 is 0 Å². The Morgan fingerprint density at radius 2 is 2.17 bits per heavy atom. The summed E-state index contributed by atoms with van der Waals surface area (Å²) in [5.41, 5.74) is 2.06. The van der Waals surface area contributed by atoms with Gasteiger partial charge in [0.05, 0.1) is 16.1 Å². The third kappa shape index (κ3) is 2.52. The molecule has 0 spiro atoms. The summed E-state index contributed by atoms with van der Waals surface area (Å²) in [5, 5.41) is 3.95. The third-order valence-electron chi connectivity index (χ3n) is 3.08. The van der Waals surface area contributed by atoms with Crippen LogP contribution in [0.5, 0.6) is 0 Å². The lowest BCUT2D eigenvalue weighted by molar-refractivity contribution is 0.571. The highest BCUT2D eigenvalue weighted by atomic mass is 35.5. The minimum Gasteiger partial charge on any atom is -0.324 e. The summed E-state index contributed by atoms with van der Waals surface area (Å²) in [6.45, 7) is 5.35. The van der Waals surface area contributed by atoms with Crippen molar-refractivity contribution in [3.63, 3.8) is 0 Å². The third-order valence-corrected chi connectivity index (χ3v) is 3.38. The molecule has 0 fully saturated rings. The van der Waals surface area contributed by atoms with E-state index in [9.17, 15) is 0 Å². The first-order valence-electron chi connectivity index (χ1n) is 6.45. The Bertz CT molecular complexity index is 531. The summed E-state index contributed by atoms with van der Waals surface area (Å²) in [5.74, 6) is 1.13. The van der Waals surface area contributed by atoms with E-state index in [0.717, 1.165) is 41.3 Å². The molecule has 0 bridgehead atoms. The number of hydrogen-bond acceptors (Lipinski definition) is 2. The van der Waals surface area contributed by atoms with Gasteiger partial charge in [0.2, 0.25) is 0 Å². The van der Waals surface area contributed by atoms with Crippen LogP contribution < -0.4 is 5.32 Å². The molecule has 4 heteroatoms. The van der Waals surface area contributed by atoms with E-state index in [-0.39, 0.29) is 0 Å². The Morgan fingerprint density at radius 3 is 2.83 bits per heavy atom. The van der Waals surface area contributed by atoms with Gasteiger partial charge < -0.3 is 9.88 Å². The van der Waals surface area contributed by atoms with Crippen molar-refractivity contribution in [2.45, 2.75) is 32.7 Å². The number of nitrogens with one attached hydrogen (secondary N) is 1. The lowest BCUT2D eigenvalue weighted by Crippen LogP contribution is -2.12. The first kappa shape index (κ1) is 13.4. The summed E-state index contributed by atoms with van der Waals surface area (Å²) >= 11 is 6.31. The van der Waals surface area contributed by atoms with Crippen molar-refractivity contribution in [3.05, 3.63) is 29.0 Å². The van der Waals surface area contributed by atoms with E-state index < -0.39 is 0 Å². The van der Waals surface area contributed by atoms with E-state index in [4.69, 9.17) is 16.6 Å². The molecule has 0 saturated heterocycles. The van der Waals surface area contributed by atoms with Crippen molar-refractivity contribution in [1.29, 1.82) is 0 Å². The Hall–Kier alpha value is -1.06. The average Bonchev–Trinajstić information content (AvgIpc) is 2.69. The molecule has 1 aromatic heterocycles. The molecule has 2 rings (SSSR count). The average molecular weight is 266 g/mol. The maximum atomic E-state index is 6.31. The second-order valence-electron chi connectivity index (χ2n) is 4.81. The van der Waals surface area contributed by atoms with Gasteiger partial charge in [-0.25, -0.2) is 4.98 Å². The van der Waals surface area contributed by atoms with Crippen molar-refractivity contribution in [1.82, 2.24) is 14.9 Å². The summed E-state index contributed by atoms with van der Waals surface area (Å²) in [6, 6.07) is 6.29. The van der Waals surface area contributed by atoms with Gasteiger partial charge in [-0.2, -0.15) is 0 Å². The summed E-state index contributed by atoms with van der Waals surface area (Å²) in [6.07, 6.45) is 2.06. The number of halogens is 1. The van der Waals surface area contributed by atoms with Gasteiger partial charge in [0, 0.05) is 12.5 Å². The molecular weight excluding hydrogens is 246 g/mol. The van der Waals surface area contributed by atoms with Gasteiger partial charge in [0.25, 0.3) is 0 Å². The standard InChI is InChI=1S/C14H20ClN3/c1-10(2)18-13(8-5-9-16-3)17-12-7-4-6-11(15)14(12)18/h4,6-7,10,16H,5,8-9H2,1-3H3. The highest BCUT2D eigenvalue weighted by molar-refractivity contribution is 6.35. The lowest BCUT2D eigenvalue weighted by atomic mass is 10.2. The number of aromatic nitrogens is 2. The monoisotopic (exact) mass is 265 g/mol. The number of rotatable bonds is 5. The van der Waals surface area contributed by atoms with E-state index in [1.165, 1.54) is 0 Å². The van der Waals surface area contributed by atoms with Gasteiger partial charge in [-0.3, -0.25) is 0 Å². The second kappa shape index (κ2) is 5.72. The minimum absolute atomic E-state index is 0.375. The molecule has 0 amide bonds. The second-order valence-corrected chi connectivity index (χ2v) is 5.21. The molecule has 0 aliphatic heterocycles. The largest absolute Gasteiger partial charge is 0.324 e. The van der Waals surface area contributed by atoms with Crippen molar-refractivity contribution in [2.75, 3.05) is 13.6 Å². The molecule has 0 atom stereocenters. The van der Waals surface area contributed by atoms with Gasteiger partial charge in [0.1, 0.15) is 5.82 Å². The zero-order chi connectivity index (χ0) is 13.1. The van der Waals surface area contributed by atoms with Crippen molar-refractivity contribution in [2.24, 2.45) is 0 Å². The Labute approximate surface area is 113 Å². The summed E-state index contributed by atoms with van der Waals surface area (Å²) in [4.78, 5) is 4.72.